The third-order valence-electron chi connectivity index (χ3n) is 3.67. The molecule has 0 spiro atoms. The average Bonchev–Trinajstić information content (AvgIpc) is 2.59. The summed E-state index contributed by atoms with van der Waals surface area (Å²) < 4.78 is 30.4. The molecule has 1 amide bonds. The molecule has 25 heavy (non-hydrogen) atoms. The fourth-order valence-corrected chi connectivity index (χ4v) is 3.19. The molecular weight excluding hydrogens is 340 g/mol. The minimum atomic E-state index is -3.59. The second-order valence-electron chi connectivity index (χ2n) is 5.57. The fraction of sp³-hybridized carbons (Fsp3) is 0.278. The van der Waals surface area contributed by atoms with Crippen molar-refractivity contribution in [2.45, 2.75) is 13.3 Å². The lowest BCUT2D eigenvalue weighted by Gasteiger charge is -2.22. The van der Waals surface area contributed by atoms with Crippen molar-refractivity contribution in [1.29, 1.82) is 0 Å². The van der Waals surface area contributed by atoms with Crippen molar-refractivity contribution in [3.05, 3.63) is 54.1 Å². The van der Waals surface area contributed by atoms with Gasteiger partial charge in [-0.25, -0.2) is 8.42 Å². The van der Waals surface area contributed by atoms with Crippen LogP contribution in [0.5, 0.6) is 5.75 Å². The van der Waals surface area contributed by atoms with E-state index in [2.05, 4.69) is 5.32 Å². The molecule has 0 saturated carbocycles. The molecule has 0 bridgehead atoms. The summed E-state index contributed by atoms with van der Waals surface area (Å²) in [7, 11) is -2.06. The van der Waals surface area contributed by atoms with Crippen molar-refractivity contribution in [3.63, 3.8) is 0 Å². The molecule has 2 aromatic carbocycles. The minimum Gasteiger partial charge on any atom is -0.497 e. The molecule has 134 valence electrons. The largest absolute Gasteiger partial charge is 0.497 e. The van der Waals surface area contributed by atoms with E-state index in [1.54, 1.807) is 36.4 Å². The van der Waals surface area contributed by atoms with Gasteiger partial charge in [-0.15, -0.1) is 0 Å². The molecule has 0 fully saturated rings. The lowest BCUT2D eigenvalue weighted by molar-refractivity contribution is -0.114. The van der Waals surface area contributed by atoms with Crippen molar-refractivity contribution in [2.75, 3.05) is 29.5 Å². The Balaban J connectivity index is 2.17. The first-order valence-electron chi connectivity index (χ1n) is 7.84. The normalized spacial score (nSPS) is 11.0. The number of sulfonamides is 1. The molecule has 0 atom stereocenters. The van der Waals surface area contributed by atoms with Crippen LogP contribution in [-0.4, -0.2) is 34.2 Å². The Bertz CT molecular complexity index is 832. The number of carbonyl (C=O) groups excluding carboxylic acids is 1. The molecule has 0 saturated heterocycles. The highest BCUT2D eigenvalue weighted by atomic mass is 32.2. The summed E-state index contributed by atoms with van der Waals surface area (Å²) in [4.78, 5) is 12.3. The van der Waals surface area contributed by atoms with Gasteiger partial charge in [-0.2, -0.15) is 0 Å². The number of nitrogens with one attached hydrogen (secondary N) is 1. The highest BCUT2D eigenvalue weighted by Crippen LogP contribution is 2.20. The summed E-state index contributed by atoms with van der Waals surface area (Å²) in [6, 6.07) is 14.0. The first-order valence-corrected chi connectivity index (χ1v) is 9.69. The molecule has 0 aromatic heterocycles. The summed E-state index contributed by atoms with van der Waals surface area (Å²) in [6.45, 7) is 1.71. The number of benzene rings is 2. The van der Waals surface area contributed by atoms with Gasteiger partial charge >= 0.3 is 0 Å². The Kier molecular flexibility index (Phi) is 6.03. The predicted molar refractivity (Wildman–Crippen MR) is 99.6 cm³/mol. The van der Waals surface area contributed by atoms with Crippen molar-refractivity contribution in [2.24, 2.45) is 0 Å². The van der Waals surface area contributed by atoms with Gasteiger partial charge in [0.25, 0.3) is 0 Å². The van der Waals surface area contributed by atoms with E-state index >= 15 is 0 Å². The third-order valence-corrected chi connectivity index (χ3v) is 4.81. The molecule has 0 aliphatic carbocycles. The molecule has 0 radical (unpaired) electrons. The molecule has 0 aliphatic rings. The number of hydrogen-bond donors (Lipinski definition) is 1. The van der Waals surface area contributed by atoms with Crippen LogP contribution < -0.4 is 14.4 Å². The average molecular weight is 362 g/mol. The fourth-order valence-electron chi connectivity index (χ4n) is 2.33. The van der Waals surface area contributed by atoms with E-state index < -0.39 is 15.9 Å². The van der Waals surface area contributed by atoms with E-state index in [1.165, 1.54) is 7.11 Å². The highest BCUT2D eigenvalue weighted by Gasteiger charge is 2.21. The Morgan fingerprint density at radius 3 is 2.40 bits per heavy atom. The van der Waals surface area contributed by atoms with E-state index in [9.17, 15) is 13.2 Å². The van der Waals surface area contributed by atoms with Gasteiger partial charge in [0.15, 0.2) is 0 Å². The van der Waals surface area contributed by atoms with Gasteiger partial charge in [-0.3, -0.25) is 9.10 Å². The number of carbonyl (C=O) groups is 1. The number of aryl methyl sites for hydroxylation is 1. The van der Waals surface area contributed by atoms with Gasteiger partial charge in [0, 0.05) is 11.8 Å². The number of nitrogens with zero attached hydrogens (tertiary/aromatic N) is 1. The zero-order chi connectivity index (χ0) is 18.4. The smallest absolute Gasteiger partial charge is 0.245 e. The maximum atomic E-state index is 12.3. The first-order chi connectivity index (χ1) is 11.8. The topological polar surface area (TPSA) is 75.7 Å². The van der Waals surface area contributed by atoms with Crippen molar-refractivity contribution in [3.8, 4) is 5.75 Å². The van der Waals surface area contributed by atoms with Gasteiger partial charge in [0.05, 0.1) is 19.1 Å². The number of rotatable bonds is 7. The van der Waals surface area contributed by atoms with E-state index in [-0.39, 0.29) is 6.54 Å². The molecule has 0 aliphatic heterocycles. The van der Waals surface area contributed by atoms with Gasteiger partial charge in [-0.05, 0) is 36.2 Å². The Labute approximate surface area is 148 Å². The molecule has 6 nitrogen and oxygen atoms in total. The van der Waals surface area contributed by atoms with Crippen LogP contribution in [0.4, 0.5) is 11.4 Å². The van der Waals surface area contributed by atoms with Gasteiger partial charge < -0.3 is 10.1 Å². The zero-order valence-electron chi connectivity index (χ0n) is 14.5. The van der Waals surface area contributed by atoms with Crippen LogP contribution in [0.25, 0.3) is 0 Å². The summed E-state index contributed by atoms with van der Waals surface area (Å²) >= 11 is 0. The summed E-state index contributed by atoms with van der Waals surface area (Å²) in [5.41, 5.74) is 2.10. The van der Waals surface area contributed by atoms with Crippen molar-refractivity contribution in [1.82, 2.24) is 0 Å². The molecule has 0 unspecified atom stereocenters. The summed E-state index contributed by atoms with van der Waals surface area (Å²) in [6.07, 6.45) is 1.94. The number of ether oxygens (including phenoxy) is 1. The van der Waals surface area contributed by atoms with Crippen molar-refractivity contribution < 1.29 is 17.9 Å². The number of anilines is 2. The number of methoxy groups -OCH3 is 1. The van der Waals surface area contributed by atoms with E-state index in [4.69, 9.17) is 4.74 Å². The van der Waals surface area contributed by atoms with E-state index in [0.29, 0.717) is 17.1 Å². The third kappa shape index (κ3) is 5.22. The van der Waals surface area contributed by atoms with Crippen LogP contribution in [0.3, 0.4) is 0 Å². The first kappa shape index (κ1) is 18.8. The van der Waals surface area contributed by atoms with Crippen LogP contribution in [0.1, 0.15) is 12.5 Å². The maximum absolute atomic E-state index is 12.3. The molecule has 0 heterocycles. The SMILES string of the molecule is CCc1ccc(N(CC(=O)Nc2cccc(OC)c2)S(C)(=O)=O)cc1. The van der Waals surface area contributed by atoms with Crippen LogP contribution in [0.15, 0.2) is 48.5 Å². The maximum Gasteiger partial charge on any atom is 0.245 e. The quantitative estimate of drug-likeness (QED) is 0.822. The van der Waals surface area contributed by atoms with Gasteiger partial charge in [-0.1, -0.05) is 25.1 Å². The second kappa shape index (κ2) is 8.02. The Morgan fingerprint density at radius 2 is 1.84 bits per heavy atom. The van der Waals surface area contributed by atoms with Gasteiger partial charge in [0.1, 0.15) is 12.3 Å². The van der Waals surface area contributed by atoms with Crippen LogP contribution >= 0.6 is 0 Å². The Morgan fingerprint density at radius 1 is 1.16 bits per heavy atom. The Hall–Kier alpha value is -2.54. The molecule has 2 rings (SSSR count). The predicted octanol–water partition coefficient (Wildman–Crippen LogP) is 2.66. The summed E-state index contributed by atoms with van der Waals surface area (Å²) in [5, 5.41) is 2.69. The molecular formula is C18H22N2O4S. The highest BCUT2D eigenvalue weighted by molar-refractivity contribution is 7.92. The number of hydrogen-bond acceptors (Lipinski definition) is 4. The van der Waals surface area contributed by atoms with E-state index in [1.807, 2.05) is 19.1 Å². The zero-order valence-corrected chi connectivity index (χ0v) is 15.3. The monoisotopic (exact) mass is 362 g/mol. The summed E-state index contributed by atoms with van der Waals surface area (Å²) in [5.74, 6) is 0.172. The van der Waals surface area contributed by atoms with Crippen LogP contribution in [0.2, 0.25) is 0 Å². The van der Waals surface area contributed by atoms with Crippen LogP contribution in [0, 0.1) is 0 Å². The van der Waals surface area contributed by atoms with Gasteiger partial charge in [0.2, 0.25) is 15.9 Å². The van der Waals surface area contributed by atoms with Crippen molar-refractivity contribution >= 4 is 27.3 Å². The standard InChI is InChI=1S/C18H22N2O4S/c1-4-14-8-10-16(11-9-14)20(25(3,22)23)13-18(21)19-15-6-5-7-17(12-15)24-2/h5-12H,4,13H2,1-3H3,(H,19,21). The van der Waals surface area contributed by atoms with E-state index in [0.717, 1.165) is 22.5 Å². The second-order valence-corrected chi connectivity index (χ2v) is 7.48. The van der Waals surface area contributed by atoms with Crippen LogP contribution in [-0.2, 0) is 21.2 Å². The molecule has 7 heteroatoms. The molecule has 2 aromatic rings. The lowest BCUT2D eigenvalue weighted by Crippen LogP contribution is -2.37. The number of amides is 1. The lowest BCUT2D eigenvalue weighted by atomic mass is 10.1. The minimum absolute atomic E-state index is 0.304. The molecule has 1 N–H and O–H groups in total.